The molecule has 7 unspecified atom stereocenters. The van der Waals surface area contributed by atoms with Crippen LogP contribution in [-0.4, -0.2) is 72.0 Å². The Bertz CT molecular complexity index is 721. The predicted molar refractivity (Wildman–Crippen MR) is 99.2 cm³/mol. The van der Waals surface area contributed by atoms with Gasteiger partial charge in [0.2, 0.25) is 0 Å². The second-order valence-electron chi connectivity index (χ2n) is 8.35. The Labute approximate surface area is 173 Å². The summed E-state index contributed by atoms with van der Waals surface area (Å²) in [6, 6.07) is 0. The molecule has 7 nitrogen and oxygen atoms in total. The number of ether oxygens (including phenoxy) is 4. The molecule has 2 aliphatic carbocycles. The van der Waals surface area contributed by atoms with Gasteiger partial charge in [-0.2, -0.15) is 0 Å². The lowest BCUT2D eigenvalue weighted by atomic mass is 9.51. The van der Waals surface area contributed by atoms with Gasteiger partial charge in [0.1, 0.15) is 36.2 Å². The van der Waals surface area contributed by atoms with Crippen LogP contribution in [0.1, 0.15) is 26.7 Å². The van der Waals surface area contributed by atoms with Gasteiger partial charge in [0.25, 0.3) is 0 Å². The molecule has 1 N–H and O–H groups in total. The van der Waals surface area contributed by atoms with Gasteiger partial charge in [0, 0.05) is 10.8 Å². The minimum Gasteiger partial charge on any atom is -0.464 e. The van der Waals surface area contributed by atoms with Crippen LogP contribution >= 0.6 is 23.2 Å². The van der Waals surface area contributed by atoms with Gasteiger partial charge in [0.05, 0.1) is 12.7 Å². The molecule has 0 aromatic rings. The Morgan fingerprint density at radius 3 is 2.61 bits per heavy atom. The van der Waals surface area contributed by atoms with E-state index < -0.39 is 52.8 Å². The molecule has 2 aliphatic heterocycles. The van der Waals surface area contributed by atoms with E-state index in [2.05, 4.69) is 0 Å². The number of hydrogen-bond acceptors (Lipinski definition) is 7. The number of aliphatic hydroxyl groups excluding tert-OH is 1. The number of aliphatic hydroxyl groups is 1. The van der Waals surface area contributed by atoms with Crippen molar-refractivity contribution in [1.82, 2.24) is 0 Å². The van der Waals surface area contributed by atoms with E-state index in [1.54, 1.807) is 0 Å². The zero-order valence-corrected chi connectivity index (χ0v) is 17.3. The second-order valence-corrected chi connectivity index (χ2v) is 8.89. The lowest BCUT2D eigenvalue weighted by molar-refractivity contribution is -0.231. The first kappa shape index (κ1) is 20.4. The van der Waals surface area contributed by atoms with E-state index in [0.717, 1.165) is 12.0 Å². The Morgan fingerprint density at radius 1 is 1.32 bits per heavy atom. The standard InChI is InChI=1S/C19H24Cl2O7/c1-10-3-4-18(8-25-12(22)6-20)11(5-10)27-16-14(28-13(23)7-21)15(24)17(18,2)19(16)9-26-19/h5,11,14-16,24H,3-4,6-9H2,1-2H3. The van der Waals surface area contributed by atoms with E-state index in [-0.39, 0.29) is 18.4 Å². The highest BCUT2D eigenvalue weighted by molar-refractivity contribution is 6.26. The molecule has 0 amide bonds. The Hall–Kier alpha value is -0.860. The van der Waals surface area contributed by atoms with Gasteiger partial charge in [-0.05, 0) is 19.8 Å². The van der Waals surface area contributed by atoms with E-state index in [1.807, 2.05) is 19.9 Å². The number of epoxide rings is 1. The van der Waals surface area contributed by atoms with Crippen LogP contribution in [0.2, 0.25) is 0 Å². The second kappa shape index (κ2) is 6.84. The Morgan fingerprint density at radius 2 is 2.00 bits per heavy atom. The number of fused-ring (bicyclic) bond motifs is 2. The van der Waals surface area contributed by atoms with Crippen molar-refractivity contribution in [3.05, 3.63) is 11.6 Å². The summed E-state index contributed by atoms with van der Waals surface area (Å²) in [6.45, 7) is 4.35. The van der Waals surface area contributed by atoms with Crippen molar-refractivity contribution in [3.8, 4) is 0 Å². The van der Waals surface area contributed by atoms with Crippen LogP contribution in [0, 0.1) is 10.8 Å². The molecule has 4 aliphatic rings. The molecule has 7 atom stereocenters. The third kappa shape index (κ3) is 2.53. The average Bonchev–Trinajstić information content (AvgIpc) is 3.47. The minimum absolute atomic E-state index is 0.0363. The summed E-state index contributed by atoms with van der Waals surface area (Å²) >= 11 is 11.2. The largest absolute Gasteiger partial charge is 0.464 e. The highest BCUT2D eigenvalue weighted by Gasteiger charge is 2.85. The fourth-order valence-corrected chi connectivity index (χ4v) is 5.70. The molecule has 1 spiro atoms. The molecule has 3 fully saturated rings. The number of hydrogen-bond donors (Lipinski definition) is 1. The predicted octanol–water partition coefficient (Wildman–Crippen LogP) is 1.56. The van der Waals surface area contributed by atoms with Crippen molar-refractivity contribution in [2.75, 3.05) is 25.0 Å². The number of esters is 2. The van der Waals surface area contributed by atoms with Crippen molar-refractivity contribution < 1.29 is 33.6 Å². The molecule has 0 aromatic carbocycles. The summed E-state index contributed by atoms with van der Waals surface area (Å²) in [5, 5.41) is 11.4. The summed E-state index contributed by atoms with van der Waals surface area (Å²) in [5.41, 5.74) is -1.23. The highest BCUT2D eigenvalue weighted by atomic mass is 35.5. The Kier molecular flexibility index (Phi) is 4.99. The maximum absolute atomic E-state index is 11.9. The number of allylic oxidation sites excluding steroid dienone is 1. The van der Waals surface area contributed by atoms with E-state index in [9.17, 15) is 14.7 Å². The summed E-state index contributed by atoms with van der Waals surface area (Å²) in [7, 11) is 0. The molecule has 28 heavy (non-hydrogen) atoms. The van der Waals surface area contributed by atoms with Crippen LogP contribution in [0.4, 0.5) is 0 Å². The van der Waals surface area contributed by atoms with Gasteiger partial charge in [0.15, 0.2) is 6.10 Å². The molecule has 4 rings (SSSR count). The first-order valence-electron chi connectivity index (χ1n) is 9.37. The average molecular weight is 435 g/mol. The number of carbonyl (C=O) groups is 2. The van der Waals surface area contributed by atoms with Crippen LogP contribution in [0.15, 0.2) is 11.6 Å². The molecule has 9 heteroatoms. The van der Waals surface area contributed by atoms with Gasteiger partial charge >= 0.3 is 11.9 Å². The summed E-state index contributed by atoms with van der Waals surface area (Å²) < 4.78 is 23.2. The molecule has 0 radical (unpaired) electrons. The molecule has 156 valence electrons. The van der Waals surface area contributed by atoms with Crippen molar-refractivity contribution in [3.63, 3.8) is 0 Å². The normalized spacial score (nSPS) is 46.0. The van der Waals surface area contributed by atoms with Crippen molar-refractivity contribution in [2.45, 2.75) is 56.7 Å². The van der Waals surface area contributed by atoms with Gasteiger partial charge < -0.3 is 24.1 Å². The molecular formula is C19H24Cl2O7. The molecule has 2 saturated heterocycles. The third-order valence-corrected chi connectivity index (χ3v) is 7.68. The fourth-order valence-electron chi connectivity index (χ4n) is 5.56. The lowest BCUT2D eigenvalue weighted by Crippen LogP contribution is -2.66. The van der Waals surface area contributed by atoms with Gasteiger partial charge in [-0.1, -0.05) is 18.6 Å². The highest BCUT2D eigenvalue weighted by Crippen LogP contribution is 2.71. The SMILES string of the molecule is CC1=CC2OC3C(OC(=O)CCl)C(O)C(C)(C2(COC(=O)CCl)CC1)C31CO1. The van der Waals surface area contributed by atoms with Gasteiger partial charge in [-0.3, -0.25) is 9.59 Å². The first-order chi connectivity index (χ1) is 13.3. The van der Waals surface area contributed by atoms with Crippen molar-refractivity contribution >= 4 is 35.1 Å². The molecule has 1 saturated carbocycles. The van der Waals surface area contributed by atoms with Crippen molar-refractivity contribution in [1.29, 1.82) is 0 Å². The lowest BCUT2D eigenvalue weighted by Gasteiger charge is -2.57. The van der Waals surface area contributed by atoms with E-state index >= 15 is 0 Å². The van der Waals surface area contributed by atoms with Crippen LogP contribution in [0.5, 0.6) is 0 Å². The maximum Gasteiger partial charge on any atom is 0.321 e. The van der Waals surface area contributed by atoms with E-state index in [4.69, 9.17) is 42.1 Å². The Balaban J connectivity index is 1.78. The zero-order valence-electron chi connectivity index (χ0n) is 15.8. The van der Waals surface area contributed by atoms with Crippen molar-refractivity contribution in [2.24, 2.45) is 10.8 Å². The molecular weight excluding hydrogens is 411 g/mol. The first-order valence-corrected chi connectivity index (χ1v) is 10.4. The van der Waals surface area contributed by atoms with Crippen LogP contribution in [0.25, 0.3) is 0 Å². The number of halogens is 2. The monoisotopic (exact) mass is 434 g/mol. The van der Waals surface area contributed by atoms with Gasteiger partial charge in [-0.15, -0.1) is 23.2 Å². The molecule has 2 bridgehead atoms. The summed E-state index contributed by atoms with van der Waals surface area (Å²) in [4.78, 5) is 23.7. The van der Waals surface area contributed by atoms with Gasteiger partial charge in [-0.25, -0.2) is 0 Å². The fraction of sp³-hybridized carbons (Fsp3) is 0.789. The quantitative estimate of drug-likeness (QED) is 0.303. The topological polar surface area (TPSA) is 94.6 Å². The number of alkyl halides is 2. The zero-order chi connectivity index (χ0) is 20.3. The maximum atomic E-state index is 11.9. The number of carbonyl (C=O) groups excluding carboxylic acids is 2. The van der Waals surface area contributed by atoms with Crippen LogP contribution < -0.4 is 0 Å². The molecule has 2 heterocycles. The smallest absolute Gasteiger partial charge is 0.321 e. The third-order valence-electron chi connectivity index (χ3n) is 7.25. The van der Waals surface area contributed by atoms with Crippen LogP contribution in [-0.2, 0) is 28.5 Å². The van der Waals surface area contributed by atoms with E-state index in [0.29, 0.717) is 13.0 Å². The summed E-state index contributed by atoms with van der Waals surface area (Å²) in [5.74, 6) is -1.73. The van der Waals surface area contributed by atoms with E-state index in [1.165, 1.54) is 0 Å². The number of rotatable bonds is 5. The molecule has 0 aromatic heterocycles. The van der Waals surface area contributed by atoms with Crippen LogP contribution in [0.3, 0.4) is 0 Å². The summed E-state index contributed by atoms with van der Waals surface area (Å²) in [6.07, 6.45) is 0.422. The minimum atomic E-state index is -1.06.